The number of hydrogen-bond acceptors (Lipinski definition) is 5. The Morgan fingerprint density at radius 2 is 1.93 bits per heavy atom. The fraction of sp³-hybridized carbons (Fsp3) is 0.684. The molecule has 0 saturated heterocycles. The molecule has 3 fully saturated rings. The molecule has 1 aromatic rings. The number of carbonyl (C=O) groups excluding carboxylic acids is 1. The molecule has 0 aromatic carbocycles. The van der Waals surface area contributed by atoms with Crippen molar-refractivity contribution in [3.05, 3.63) is 23.0 Å². The smallest absolute Gasteiger partial charge is 0.255 e. The molecule has 0 radical (unpaired) electrons. The number of carbonyl (C=O) groups is 1. The van der Waals surface area contributed by atoms with Crippen LogP contribution >= 0.6 is 24.0 Å². The number of aromatic nitrogens is 1. The lowest BCUT2D eigenvalue weighted by atomic mass is 9.62. The molecule has 3 saturated carbocycles. The minimum atomic E-state index is -1.58. The topological polar surface area (TPSA) is 100 Å². The lowest BCUT2D eigenvalue weighted by molar-refractivity contribution is -0.00177. The van der Waals surface area contributed by atoms with E-state index >= 15 is 0 Å². The molecular weight excluding hydrogens is 406 g/mol. The van der Waals surface area contributed by atoms with Gasteiger partial charge in [0, 0.05) is 17.3 Å². The summed E-state index contributed by atoms with van der Waals surface area (Å²) in [6, 6.07) is 1.63. The molecule has 158 valence electrons. The van der Waals surface area contributed by atoms with E-state index in [2.05, 4.69) is 15.6 Å². The number of nitrogens with two attached hydrogens (primary N) is 1. The molecule has 0 aliphatic heterocycles. The second-order valence-electron chi connectivity index (χ2n) is 8.65. The fourth-order valence-corrected chi connectivity index (χ4v) is 4.09. The van der Waals surface area contributed by atoms with Crippen LogP contribution in [0.15, 0.2) is 12.3 Å². The highest BCUT2D eigenvalue weighted by atomic mass is 35.5. The third kappa shape index (κ3) is 5.06. The molecule has 2 bridgehead atoms. The van der Waals surface area contributed by atoms with Crippen molar-refractivity contribution in [2.45, 2.75) is 75.2 Å². The summed E-state index contributed by atoms with van der Waals surface area (Å²) in [6.45, 7) is 2.44. The van der Waals surface area contributed by atoms with Crippen molar-refractivity contribution in [3.63, 3.8) is 0 Å². The first-order valence-electron chi connectivity index (χ1n) is 9.39. The van der Waals surface area contributed by atoms with Crippen molar-refractivity contribution in [1.82, 2.24) is 10.3 Å². The van der Waals surface area contributed by atoms with Gasteiger partial charge in [-0.3, -0.25) is 4.79 Å². The van der Waals surface area contributed by atoms with Gasteiger partial charge in [0.1, 0.15) is 11.3 Å². The highest BCUT2D eigenvalue weighted by Crippen LogP contribution is 2.47. The van der Waals surface area contributed by atoms with Gasteiger partial charge in [-0.05, 0) is 58.4 Å². The Balaban J connectivity index is 0.00000280. The van der Waals surface area contributed by atoms with Gasteiger partial charge in [-0.2, -0.15) is 0 Å². The average molecular weight is 435 g/mol. The van der Waals surface area contributed by atoms with Crippen LogP contribution in [0.1, 0.15) is 62.7 Å². The van der Waals surface area contributed by atoms with Gasteiger partial charge in [-0.25, -0.2) is 9.37 Å². The van der Waals surface area contributed by atoms with Crippen molar-refractivity contribution in [2.75, 3.05) is 11.9 Å². The normalized spacial score (nSPS) is 27.6. The Labute approximate surface area is 176 Å². The van der Waals surface area contributed by atoms with Crippen LogP contribution in [0.2, 0.25) is 5.15 Å². The van der Waals surface area contributed by atoms with E-state index in [0.717, 1.165) is 38.5 Å². The summed E-state index contributed by atoms with van der Waals surface area (Å²) in [4.78, 5) is 16.6. The van der Waals surface area contributed by atoms with Crippen LogP contribution < -0.4 is 16.4 Å². The highest BCUT2D eigenvalue weighted by molar-refractivity contribution is 6.29. The lowest BCUT2D eigenvalue weighted by Crippen LogP contribution is -2.57. The maximum absolute atomic E-state index is 14.0. The number of rotatable bonds is 6. The zero-order valence-electron chi connectivity index (χ0n) is 16.2. The van der Waals surface area contributed by atoms with Crippen molar-refractivity contribution >= 4 is 35.6 Å². The molecule has 6 nitrogen and oxygen atoms in total. The van der Waals surface area contributed by atoms with Gasteiger partial charge in [0.2, 0.25) is 0 Å². The van der Waals surface area contributed by atoms with E-state index in [-0.39, 0.29) is 35.2 Å². The SMILES string of the molecule is CC(C)(O)C(F)CNC(=O)c1cnc(Cl)cc1NC12CCC(N)(CC1)CC2.Cl. The number of halogens is 3. The molecule has 1 heterocycles. The van der Waals surface area contributed by atoms with Gasteiger partial charge < -0.3 is 21.5 Å². The molecule has 3 aliphatic carbocycles. The van der Waals surface area contributed by atoms with Gasteiger partial charge in [-0.15, -0.1) is 12.4 Å². The molecule has 9 heteroatoms. The van der Waals surface area contributed by atoms with Gasteiger partial charge in [0.15, 0.2) is 0 Å². The highest BCUT2D eigenvalue weighted by Gasteiger charge is 2.46. The maximum Gasteiger partial charge on any atom is 0.255 e. The Morgan fingerprint density at radius 1 is 1.36 bits per heavy atom. The number of pyridine rings is 1. The number of anilines is 1. The van der Waals surface area contributed by atoms with E-state index in [1.54, 1.807) is 6.07 Å². The van der Waals surface area contributed by atoms with E-state index in [9.17, 15) is 14.3 Å². The summed E-state index contributed by atoms with van der Waals surface area (Å²) in [5.41, 5.74) is 5.61. The predicted molar refractivity (Wildman–Crippen MR) is 111 cm³/mol. The third-order valence-corrected chi connectivity index (χ3v) is 6.23. The van der Waals surface area contributed by atoms with Crippen molar-refractivity contribution in [3.8, 4) is 0 Å². The number of amides is 1. The van der Waals surface area contributed by atoms with E-state index in [1.807, 2.05) is 0 Å². The van der Waals surface area contributed by atoms with Crippen LogP contribution in [0.3, 0.4) is 0 Å². The van der Waals surface area contributed by atoms with Gasteiger partial charge in [-0.1, -0.05) is 11.6 Å². The Hall–Kier alpha value is -1.15. The Morgan fingerprint density at radius 3 is 2.46 bits per heavy atom. The maximum atomic E-state index is 14.0. The summed E-state index contributed by atoms with van der Waals surface area (Å²) < 4.78 is 14.0. The van der Waals surface area contributed by atoms with Crippen molar-refractivity contribution in [2.24, 2.45) is 5.73 Å². The van der Waals surface area contributed by atoms with Gasteiger partial charge >= 0.3 is 0 Å². The second kappa shape index (κ2) is 8.30. The number of hydrogen-bond donors (Lipinski definition) is 4. The summed E-state index contributed by atoms with van der Waals surface area (Å²) in [6.07, 6.45) is 5.50. The molecule has 28 heavy (non-hydrogen) atoms. The summed E-state index contributed by atoms with van der Waals surface area (Å²) >= 11 is 6.05. The third-order valence-electron chi connectivity index (χ3n) is 6.03. The molecule has 4 rings (SSSR count). The minimum absolute atomic E-state index is 0. The van der Waals surface area contributed by atoms with Crippen LogP contribution in [0.4, 0.5) is 10.1 Å². The zero-order chi connectivity index (χ0) is 19.9. The number of nitrogens with zero attached hydrogens (tertiary/aromatic N) is 1. The minimum Gasteiger partial charge on any atom is -0.387 e. The van der Waals surface area contributed by atoms with Crippen LogP contribution in [-0.2, 0) is 0 Å². The van der Waals surface area contributed by atoms with Gasteiger partial charge in [0.05, 0.1) is 23.4 Å². The monoisotopic (exact) mass is 434 g/mol. The predicted octanol–water partition coefficient (Wildman–Crippen LogP) is 3.21. The Bertz CT molecular complexity index is 702. The number of aliphatic hydroxyl groups is 1. The summed E-state index contributed by atoms with van der Waals surface area (Å²) in [5.74, 6) is -0.454. The second-order valence-corrected chi connectivity index (χ2v) is 9.04. The largest absolute Gasteiger partial charge is 0.387 e. The van der Waals surface area contributed by atoms with Crippen LogP contribution in [0.5, 0.6) is 0 Å². The first-order chi connectivity index (χ1) is 12.5. The van der Waals surface area contributed by atoms with E-state index in [0.29, 0.717) is 11.3 Å². The number of nitrogens with one attached hydrogen (secondary N) is 2. The zero-order valence-corrected chi connectivity index (χ0v) is 17.8. The van der Waals surface area contributed by atoms with Gasteiger partial charge in [0.25, 0.3) is 5.91 Å². The van der Waals surface area contributed by atoms with Crippen LogP contribution in [0, 0.1) is 0 Å². The number of alkyl halides is 1. The molecule has 5 N–H and O–H groups in total. The average Bonchev–Trinajstić information content (AvgIpc) is 2.60. The quantitative estimate of drug-likeness (QED) is 0.515. The van der Waals surface area contributed by atoms with E-state index in [4.69, 9.17) is 17.3 Å². The molecule has 3 aliphatic rings. The molecule has 1 amide bonds. The number of fused-ring (bicyclic) bond motifs is 3. The molecule has 1 unspecified atom stereocenters. The first kappa shape index (κ1) is 23.1. The van der Waals surface area contributed by atoms with E-state index in [1.165, 1.54) is 20.0 Å². The lowest BCUT2D eigenvalue weighted by Gasteiger charge is -2.52. The van der Waals surface area contributed by atoms with E-state index < -0.39 is 17.7 Å². The molecule has 0 spiro atoms. The standard InChI is InChI=1S/C19H28ClFN4O2.ClH/c1-17(2,27)14(21)11-24-16(26)12-10-23-15(20)9-13(12)25-19-6-3-18(22,4-7-19)5-8-19;/h9-10,14,27H,3-8,11,22H2,1-2H3,(H,23,25)(H,24,26);1H. The molecular formula is C19H29Cl2FN4O2. The molecule has 1 aromatic heterocycles. The summed E-state index contributed by atoms with van der Waals surface area (Å²) in [5, 5.41) is 16.0. The molecule has 1 atom stereocenters. The fourth-order valence-electron chi connectivity index (χ4n) is 3.93. The van der Waals surface area contributed by atoms with Crippen molar-refractivity contribution < 1.29 is 14.3 Å². The van der Waals surface area contributed by atoms with Crippen LogP contribution in [-0.4, -0.2) is 45.4 Å². The van der Waals surface area contributed by atoms with Crippen molar-refractivity contribution in [1.29, 1.82) is 0 Å². The Kier molecular flexibility index (Phi) is 6.86. The van der Waals surface area contributed by atoms with Crippen LogP contribution in [0.25, 0.3) is 0 Å². The first-order valence-corrected chi connectivity index (χ1v) is 9.77. The summed E-state index contributed by atoms with van der Waals surface area (Å²) in [7, 11) is 0.